The van der Waals surface area contributed by atoms with E-state index in [0.717, 1.165) is 18.7 Å². The molecular weight excluding hydrogens is 250 g/mol. The highest BCUT2D eigenvalue weighted by Gasteiger charge is 2.13. The highest BCUT2D eigenvalue weighted by Crippen LogP contribution is 2.20. The van der Waals surface area contributed by atoms with E-state index in [1.165, 1.54) is 5.69 Å². The second-order valence-corrected chi connectivity index (χ2v) is 5.31. The van der Waals surface area contributed by atoms with E-state index in [-0.39, 0.29) is 5.91 Å². The van der Waals surface area contributed by atoms with Crippen LogP contribution in [-0.2, 0) is 4.79 Å². The monoisotopic (exact) mass is 277 g/mol. The minimum atomic E-state index is -0.428. The summed E-state index contributed by atoms with van der Waals surface area (Å²) in [5, 5.41) is 2.86. The van der Waals surface area contributed by atoms with Crippen LogP contribution >= 0.6 is 0 Å². The Bertz CT molecular complexity index is 414. The average molecular weight is 277 g/mol. The number of hydrogen-bond acceptors (Lipinski definition) is 3. The van der Waals surface area contributed by atoms with Crippen molar-refractivity contribution in [2.45, 2.75) is 52.6 Å². The summed E-state index contributed by atoms with van der Waals surface area (Å²) < 4.78 is 0. The van der Waals surface area contributed by atoms with Gasteiger partial charge in [0.25, 0.3) is 0 Å². The minimum Gasteiger partial charge on any atom is -0.369 e. The molecule has 0 aromatic heterocycles. The van der Waals surface area contributed by atoms with E-state index >= 15 is 0 Å². The maximum absolute atomic E-state index is 11.8. The average Bonchev–Trinajstić information content (AvgIpc) is 2.41. The number of nitrogens with zero attached hydrogens (tertiary/aromatic N) is 1. The van der Waals surface area contributed by atoms with Crippen LogP contribution in [0.3, 0.4) is 0 Å². The molecule has 0 fully saturated rings. The van der Waals surface area contributed by atoms with E-state index in [9.17, 15) is 4.79 Å². The number of amides is 1. The van der Waals surface area contributed by atoms with Gasteiger partial charge in [0, 0.05) is 24.0 Å². The number of nitrogens with two attached hydrogens (primary N) is 1. The molecule has 4 nitrogen and oxygen atoms in total. The Morgan fingerprint density at radius 2 is 1.85 bits per heavy atom. The molecule has 0 saturated carbocycles. The van der Waals surface area contributed by atoms with Crippen LogP contribution in [0.15, 0.2) is 24.3 Å². The minimum absolute atomic E-state index is 0.115. The van der Waals surface area contributed by atoms with Gasteiger partial charge in [0.2, 0.25) is 5.91 Å². The Labute approximate surface area is 122 Å². The molecule has 3 N–H and O–H groups in total. The van der Waals surface area contributed by atoms with Crippen molar-refractivity contribution in [1.82, 2.24) is 0 Å². The third kappa shape index (κ3) is 4.53. The van der Waals surface area contributed by atoms with Gasteiger partial charge >= 0.3 is 0 Å². The van der Waals surface area contributed by atoms with Gasteiger partial charge in [-0.15, -0.1) is 0 Å². The van der Waals surface area contributed by atoms with Gasteiger partial charge in [0.15, 0.2) is 0 Å². The molecule has 0 aliphatic heterocycles. The first kappa shape index (κ1) is 16.5. The first-order chi connectivity index (χ1) is 9.49. The van der Waals surface area contributed by atoms with Crippen LogP contribution in [0.5, 0.6) is 0 Å². The van der Waals surface area contributed by atoms with Crippen LogP contribution in [0.2, 0.25) is 0 Å². The fourth-order valence-corrected chi connectivity index (χ4v) is 2.26. The lowest BCUT2D eigenvalue weighted by Crippen LogP contribution is -2.35. The quantitative estimate of drug-likeness (QED) is 0.805. The van der Waals surface area contributed by atoms with Gasteiger partial charge in [-0.05, 0) is 51.5 Å². The van der Waals surface area contributed by atoms with Crippen molar-refractivity contribution in [1.29, 1.82) is 0 Å². The van der Waals surface area contributed by atoms with Crippen molar-refractivity contribution in [3.8, 4) is 0 Å². The highest BCUT2D eigenvalue weighted by molar-refractivity contribution is 5.94. The van der Waals surface area contributed by atoms with Crippen molar-refractivity contribution >= 4 is 17.3 Å². The molecule has 0 heterocycles. The predicted molar refractivity (Wildman–Crippen MR) is 86.1 cm³/mol. The summed E-state index contributed by atoms with van der Waals surface area (Å²) in [6.45, 7) is 9.46. The maximum Gasteiger partial charge on any atom is 0.241 e. The summed E-state index contributed by atoms with van der Waals surface area (Å²) in [4.78, 5) is 14.1. The van der Waals surface area contributed by atoms with E-state index in [2.05, 4.69) is 31.0 Å². The van der Waals surface area contributed by atoms with Gasteiger partial charge in [0.1, 0.15) is 0 Å². The zero-order valence-electron chi connectivity index (χ0n) is 13.0. The number of nitrogens with one attached hydrogen (secondary N) is 1. The predicted octanol–water partition coefficient (Wildman–Crippen LogP) is 2.99. The van der Waals surface area contributed by atoms with E-state index in [0.29, 0.717) is 12.5 Å². The number of carbonyl (C=O) groups excluding carboxylic acids is 1. The highest BCUT2D eigenvalue weighted by atomic mass is 16.2. The summed E-state index contributed by atoms with van der Waals surface area (Å²) in [7, 11) is 0. The Balaban J connectivity index is 2.69. The van der Waals surface area contributed by atoms with Crippen LogP contribution in [0.25, 0.3) is 0 Å². The van der Waals surface area contributed by atoms with Gasteiger partial charge in [-0.2, -0.15) is 0 Å². The Morgan fingerprint density at radius 3 is 2.30 bits per heavy atom. The molecular formula is C16H27N3O. The summed E-state index contributed by atoms with van der Waals surface area (Å²) in [5.74, 6) is -0.115. The number of rotatable bonds is 7. The Hall–Kier alpha value is -1.55. The van der Waals surface area contributed by atoms with E-state index in [4.69, 9.17) is 5.73 Å². The largest absolute Gasteiger partial charge is 0.369 e. The summed E-state index contributed by atoms with van der Waals surface area (Å²) >= 11 is 0. The van der Waals surface area contributed by atoms with E-state index in [1.54, 1.807) is 0 Å². The number of benzene rings is 1. The molecule has 0 bridgehead atoms. The molecule has 20 heavy (non-hydrogen) atoms. The summed E-state index contributed by atoms with van der Waals surface area (Å²) in [5.41, 5.74) is 7.76. The molecule has 4 heteroatoms. The first-order valence-electron chi connectivity index (χ1n) is 7.42. The lowest BCUT2D eigenvalue weighted by Gasteiger charge is -2.27. The molecule has 0 spiro atoms. The molecule has 0 saturated heterocycles. The van der Waals surface area contributed by atoms with Gasteiger partial charge in [-0.3, -0.25) is 4.79 Å². The fraction of sp³-hybridized carbons (Fsp3) is 0.562. The van der Waals surface area contributed by atoms with Crippen LogP contribution in [0, 0.1) is 0 Å². The SMILES string of the molecule is CCC[C@@H](N)C(=O)Nc1ccc(N(CC)C(C)C)cc1. The second-order valence-electron chi connectivity index (χ2n) is 5.31. The fourth-order valence-electron chi connectivity index (χ4n) is 2.26. The third-order valence-electron chi connectivity index (χ3n) is 3.37. The molecule has 112 valence electrons. The molecule has 0 unspecified atom stereocenters. The number of carbonyl (C=O) groups is 1. The Morgan fingerprint density at radius 1 is 1.25 bits per heavy atom. The number of hydrogen-bond donors (Lipinski definition) is 2. The lowest BCUT2D eigenvalue weighted by atomic mass is 10.1. The zero-order chi connectivity index (χ0) is 15.1. The van der Waals surface area contributed by atoms with Crippen LogP contribution in [0.4, 0.5) is 11.4 Å². The molecule has 1 rings (SSSR count). The summed E-state index contributed by atoms with van der Waals surface area (Å²) in [6.07, 6.45) is 1.62. The Kier molecular flexibility index (Phi) is 6.52. The molecule has 1 amide bonds. The topological polar surface area (TPSA) is 58.4 Å². The lowest BCUT2D eigenvalue weighted by molar-refractivity contribution is -0.117. The van der Waals surface area contributed by atoms with Crippen molar-refractivity contribution in [3.05, 3.63) is 24.3 Å². The first-order valence-corrected chi connectivity index (χ1v) is 7.42. The molecule has 0 aliphatic carbocycles. The second kappa shape index (κ2) is 7.90. The molecule has 1 aromatic rings. The van der Waals surface area contributed by atoms with Crippen LogP contribution in [-0.4, -0.2) is 24.5 Å². The smallest absolute Gasteiger partial charge is 0.241 e. The molecule has 1 atom stereocenters. The normalized spacial score (nSPS) is 12.3. The van der Waals surface area contributed by atoms with Crippen molar-refractivity contribution in [2.24, 2.45) is 5.73 Å². The maximum atomic E-state index is 11.8. The van der Waals surface area contributed by atoms with E-state index in [1.807, 2.05) is 31.2 Å². The number of anilines is 2. The van der Waals surface area contributed by atoms with Crippen molar-refractivity contribution in [3.63, 3.8) is 0 Å². The molecule has 0 aliphatic rings. The van der Waals surface area contributed by atoms with E-state index < -0.39 is 6.04 Å². The van der Waals surface area contributed by atoms with Crippen LogP contribution in [0.1, 0.15) is 40.5 Å². The van der Waals surface area contributed by atoms with Gasteiger partial charge in [0.05, 0.1) is 6.04 Å². The summed E-state index contributed by atoms with van der Waals surface area (Å²) in [6, 6.07) is 7.95. The van der Waals surface area contributed by atoms with Gasteiger partial charge in [-0.1, -0.05) is 13.3 Å². The van der Waals surface area contributed by atoms with Crippen LogP contribution < -0.4 is 16.0 Å². The molecule has 1 aromatic carbocycles. The molecule has 0 radical (unpaired) electrons. The van der Waals surface area contributed by atoms with Gasteiger partial charge < -0.3 is 16.0 Å². The zero-order valence-corrected chi connectivity index (χ0v) is 13.0. The van der Waals surface area contributed by atoms with Crippen molar-refractivity contribution < 1.29 is 4.79 Å². The van der Waals surface area contributed by atoms with Crippen molar-refractivity contribution in [2.75, 3.05) is 16.8 Å². The standard InChI is InChI=1S/C16H27N3O/c1-5-7-15(17)16(20)18-13-8-10-14(11-9-13)19(6-2)12(3)4/h8-12,15H,5-7,17H2,1-4H3,(H,18,20)/t15-/m1/s1. The third-order valence-corrected chi connectivity index (χ3v) is 3.37. The van der Waals surface area contributed by atoms with Gasteiger partial charge in [-0.25, -0.2) is 0 Å².